The SMILES string of the molecule is FC(F)Oc1ccc(-c2cnnc(Nc3ccnc(N4CCC5(CC4)CC5)n3)c2)cc1. The van der Waals surface area contributed by atoms with Crippen molar-refractivity contribution in [2.45, 2.75) is 32.3 Å². The van der Waals surface area contributed by atoms with E-state index in [0.29, 0.717) is 17.1 Å². The van der Waals surface area contributed by atoms with Gasteiger partial charge >= 0.3 is 6.61 Å². The first-order chi connectivity index (χ1) is 15.1. The molecule has 2 aromatic heterocycles. The Kier molecular flexibility index (Phi) is 5.09. The molecule has 1 aliphatic carbocycles. The van der Waals surface area contributed by atoms with Gasteiger partial charge in [-0.1, -0.05) is 12.1 Å². The second-order valence-electron chi connectivity index (χ2n) is 8.09. The maximum Gasteiger partial charge on any atom is 0.387 e. The molecule has 2 fully saturated rings. The van der Waals surface area contributed by atoms with Gasteiger partial charge in [0.25, 0.3) is 0 Å². The Morgan fingerprint density at radius 3 is 2.45 bits per heavy atom. The number of alkyl halides is 2. The predicted molar refractivity (Wildman–Crippen MR) is 113 cm³/mol. The van der Waals surface area contributed by atoms with E-state index < -0.39 is 6.61 Å². The average molecular weight is 424 g/mol. The summed E-state index contributed by atoms with van der Waals surface area (Å²) in [5.74, 6) is 2.01. The fourth-order valence-electron chi connectivity index (χ4n) is 3.97. The summed E-state index contributed by atoms with van der Waals surface area (Å²) in [4.78, 5) is 11.3. The van der Waals surface area contributed by atoms with Crippen molar-refractivity contribution in [2.75, 3.05) is 23.3 Å². The van der Waals surface area contributed by atoms with E-state index in [1.807, 2.05) is 6.07 Å². The van der Waals surface area contributed by atoms with Crippen LogP contribution in [0, 0.1) is 5.41 Å². The normalized spacial score (nSPS) is 17.1. The molecule has 0 atom stereocenters. The summed E-state index contributed by atoms with van der Waals surface area (Å²) >= 11 is 0. The van der Waals surface area contributed by atoms with Crippen LogP contribution < -0.4 is 15.0 Å². The topological polar surface area (TPSA) is 76.1 Å². The summed E-state index contributed by atoms with van der Waals surface area (Å²) in [6.07, 6.45) is 8.50. The Balaban J connectivity index is 1.28. The second-order valence-corrected chi connectivity index (χ2v) is 8.09. The van der Waals surface area contributed by atoms with Crippen LogP contribution in [0.15, 0.2) is 48.8 Å². The highest BCUT2D eigenvalue weighted by atomic mass is 19.3. The Hall–Kier alpha value is -3.36. The van der Waals surface area contributed by atoms with E-state index in [2.05, 4.69) is 35.1 Å². The summed E-state index contributed by atoms with van der Waals surface area (Å²) < 4.78 is 29.0. The number of hydrogen-bond acceptors (Lipinski definition) is 7. The van der Waals surface area contributed by atoms with Crippen molar-refractivity contribution in [1.82, 2.24) is 20.2 Å². The number of anilines is 3. The molecule has 5 rings (SSSR count). The van der Waals surface area contributed by atoms with E-state index in [1.54, 1.807) is 30.6 Å². The number of nitrogens with one attached hydrogen (secondary N) is 1. The summed E-state index contributed by atoms with van der Waals surface area (Å²) in [6, 6.07) is 10.0. The van der Waals surface area contributed by atoms with Gasteiger partial charge in [0.2, 0.25) is 5.95 Å². The number of rotatable bonds is 6. The van der Waals surface area contributed by atoms with Crippen molar-refractivity contribution in [3.05, 3.63) is 48.8 Å². The molecule has 3 aromatic rings. The first-order valence-corrected chi connectivity index (χ1v) is 10.3. The van der Waals surface area contributed by atoms with Crippen molar-refractivity contribution in [3.63, 3.8) is 0 Å². The molecule has 1 aromatic carbocycles. The number of hydrogen-bond donors (Lipinski definition) is 1. The van der Waals surface area contributed by atoms with E-state index in [1.165, 1.54) is 37.8 Å². The van der Waals surface area contributed by atoms with Crippen LogP contribution >= 0.6 is 0 Å². The second kappa shape index (κ2) is 8.05. The lowest BCUT2D eigenvalue weighted by molar-refractivity contribution is -0.0498. The Morgan fingerprint density at radius 2 is 1.74 bits per heavy atom. The molecule has 1 aliphatic heterocycles. The highest BCUT2D eigenvalue weighted by Gasteiger charge is 2.44. The highest BCUT2D eigenvalue weighted by Crippen LogP contribution is 2.53. The van der Waals surface area contributed by atoms with Crippen molar-refractivity contribution in [1.29, 1.82) is 0 Å². The van der Waals surface area contributed by atoms with Gasteiger partial charge in [0, 0.05) is 24.8 Å². The Bertz CT molecular complexity index is 1050. The van der Waals surface area contributed by atoms with Gasteiger partial charge in [0.1, 0.15) is 11.6 Å². The van der Waals surface area contributed by atoms with Gasteiger partial charge in [0.05, 0.1) is 6.20 Å². The third-order valence-electron chi connectivity index (χ3n) is 6.03. The Morgan fingerprint density at radius 1 is 0.968 bits per heavy atom. The molecule has 3 heterocycles. The molecule has 0 unspecified atom stereocenters. The van der Waals surface area contributed by atoms with Crippen LogP contribution in [0.4, 0.5) is 26.4 Å². The highest BCUT2D eigenvalue weighted by molar-refractivity contribution is 5.67. The van der Waals surface area contributed by atoms with Gasteiger partial charge in [-0.15, -0.1) is 5.10 Å². The molecule has 9 heteroatoms. The van der Waals surface area contributed by atoms with Crippen LogP contribution in [0.25, 0.3) is 11.1 Å². The van der Waals surface area contributed by atoms with Crippen LogP contribution in [0.1, 0.15) is 25.7 Å². The quantitative estimate of drug-likeness (QED) is 0.617. The summed E-state index contributed by atoms with van der Waals surface area (Å²) in [7, 11) is 0. The predicted octanol–water partition coefficient (Wildman–Crippen LogP) is 4.66. The van der Waals surface area contributed by atoms with Crippen LogP contribution in [0.5, 0.6) is 5.75 Å². The molecule has 1 N–H and O–H groups in total. The van der Waals surface area contributed by atoms with Crippen molar-refractivity contribution in [2.24, 2.45) is 5.41 Å². The van der Waals surface area contributed by atoms with Gasteiger partial charge in [-0.25, -0.2) is 4.98 Å². The van der Waals surface area contributed by atoms with Crippen LogP contribution in [-0.4, -0.2) is 39.9 Å². The fourth-order valence-corrected chi connectivity index (χ4v) is 3.97. The number of aromatic nitrogens is 4. The van der Waals surface area contributed by atoms with Crippen LogP contribution in [0.2, 0.25) is 0 Å². The number of ether oxygens (including phenoxy) is 1. The average Bonchev–Trinajstić information content (AvgIpc) is 3.53. The lowest BCUT2D eigenvalue weighted by Crippen LogP contribution is -2.35. The van der Waals surface area contributed by atoms with E-state index in [4.69, 9.17) is 0 Å². The number of nitrogens with zero attached hydrogens (tertiary/aromatic N) is 5. The molecule has 7 nitrogen and oxygen atoms in total. The zero-order valence-electron chi connectivity index (χ0n) is 16.8. The Labute approximate surface area is 178 Å². The van der Waals surface area contributed by atoms with Crippen molar-refractivity contribution >= 4 is 17.6 Å². The standard InChI is InChI=1S/C22H22F2N6O/c23-20(24)31-17-3-1-15(2-4-17)16-13-19(29-26-14-16)27-18-5-10-25-21(28-18)30-11-8-22(6-7-22)9-12-30/h1-5,10,13-14,20H,6-9,11-12H2,(H,25,27,28,29). The maximum atomic E-state index is 12.3. The molecule has 1 saturated carbocycles. The smallest absolute Gasteiger partial charge is 0.387 e. The van der Waals surface area contributed by atoms with Gasteiger partial charge in [-0.05, 0) is 60.9 Å². The fraction of sp³-hybridized carbons (Fsp3) is 0.364. The minimum absolute atomic E-state index is 0.109. The zero-order valence-corrected chi connectivity index (χ0v) is 16.8. The molecule has 31 heavy (non-hydrogen) atoms. The molecule has 0 radical (unpaired) electrons. The van der Waals surface area contributed by atoms with E-state index in [-0.39, 0.29) is 5.75 Å². The molecular formula is C22H22F2N6O. The molecule has 0 bridgehead atoms. The third kappa shape index (κ3) is 4.55. The molecule has 1 spiro atoms. The van der Waals surface area contributed by atoms with Crippen LogP contribution in [-0.2, 0) is 0 Å². The number of benzene rings is 1. The van der Waals surface area contributed by atoms with E-state index in [0.717, 1.165) is 30.2 Å². The van der Waals surface area contributed by atoms with Crippen molar-refractivity contribution in [3.8, 4) is 16.9 Å². The molecule has 160 valence electrons. The van der Waals surface area contributed by atoms with Gasteiger partial charge < -0.3 is 15.0 Å². The molecule has 2 aliphatic rings. The van der Waals surface area contributed by atoms with Gasteiger partial charge in [0.15, 0.2) is 5.82 Å². The zero-order chi connectivity index (χ0) is 21.3. The summed E-state index contributed by atoms with van der Waals surface area (Å²) in [5, 5.41) is 11.4. The minimum Gasteiger partial charge on any atom is -0.435 e. The minimum atomic E-state index is -2.85. The number of halogens is 2. The van der Waals surface area contributed by atoms with Crippen molar-refractivity contribution < 1.29 is 13.5 Å². The first kappa shape index (κ1) is 19.6. The van der Waals surface area contributed by atoms with Gasteiger partial charge in [-0.3, -0.25) is 0 Å². The third-order valence-corrected chi connectivity index (χ3v) is 6.03. The lowest BCUT2D eigenvalue weighted by Gasteiger charge is -2.32. The first-order valence-electron chi connectivity index (χ1n) is 10.3. The van der Waals surface area contributed by atoms with E-state index >= 15 is 0 Å². The summed E-state index contributed by atoms with van der Waals surface area (Å²) in [6.45, 7) is -0.865. The maximum absolute atomic E-state index is 12.3. The lowest BCUT2D eigenvalue weighted by atomic mass is 9.94. The van der Waals surface area contributed by atoms with E-state index in [9.17, 15) is 8.78 Å². The molecular weight excluding hydrogens is 402 g/mol. The number of piperidine rings is 1. The van der Waals surface area contributed by atoms with Gasteiger partial charge in [-0.2, -0.15) is 18.9 Å². The summed E-state index contributed by atoms with van der Waals surface area (Å²) in [5.41, 5.74) is 2.21. The van der Waals surface area contributed by atoms with Crippen LogP contribution in [0.3, 0.4) is 0 Å². The largest absolute Gasteiger partial charge is 0.435 e. The monoisotopic (exact) mass is 424 g/mol. The molecule has 1 saturated heterocycles. The molecule has 0 amide bonds.